The molecule has 1 amide bonds. The van der Waals surface area contributed by atoms with Gasteiger partial charge in [0.05, 0.1) is 4.92 Å². The van der Waals surface area contributed by atoms with Crippen LogP contribution in [0.1, 0.15) is 21.8 Å². The maximum atomic E-state index is 12.1. The molecule has 0 saturated heterocycles. The average Bonchev–Trinajstić information content (AvgIpc) is 3.23. The summed E-state index contributed by atoms with van der Waals surface area (Å²) in [6.07, 6.45) is 2.40. The number of amides is 1. The quantitative estimate of drug-likeness (QED) is 0.532. The topological polar surface area (TPSA) is 116 Å². The minimum atomic E-state index is -0.543. The number of halogens is 1. The zero-order chi connectivity index (χ0) is 17.8. The molecule has 1 aromatic carbocycles. The van der Waals surface area contributed by atoms with E-state index in [9.17, 15) is 14.9 Å². The largest absolute Gasteiger partial charge is 0.359 e. The van der Waals surface area contributed by atoms with Gasteiger partial charge >= 0.3 is 5.69 Å². The summed E-state index contributed by atoms with van der Waals surface area (Å²) in [4.78, 5) is 22.2. The van der Waals surface area contributed by atoms with Gasteiger partial charge in [0.15, 0.2) is 11.5 Å². The number of nitrogens with zero attached hydrogens (tertiary/aromatic N) is 4. The van der Waals surface area contributed by atoms with Gasteiger partial charge in [-0.3, -0.25) is 19.6 Å². The molecule has 0 aliphatic rings. The third-order valence-corrected chi connectivity index (χ3v) is 3.52. The molecule has 0 fully saturated rings. The van der Waals surface area contributed by atoms with Gasteiger partial charge in [-0.25, -0.2) is 0 Å². The van der Waals surface area contributed by atoms with Crippen molar-refractivity contribution in [2.24, 2.45) is 0 Å². The fraction of sp³-hybridized carbons (Fsp3) is 0.133. The fourth-order valence-electron chi connectivity index (χ4n) is 2.11. The predicted octanol–water partition coefficient (Wildman–Crippen LogP) is 2.41. The number of benzene rings is 1. The first kappa shape index (κ1) is 16.7. The summed E-state index contributed by atoms with van der Waals surface area (Å²) < 4.78 is 6.39. The van der Waals surface area contributed by atoms with Gasteiger partial charge in [-0.15, -0.1) is 0 Å². The van der Waals surface area contributed by atoms with E-state index in [1.807, 2.05) is 6.07 Å². The van der Waals surface area contributed by atoms with E-state index in [0.717, 1.165) is 11.8 Å². The maximum Gasteiger partial charge on any atom is 0.307 e. The van der Waals surface area contributed by atoms with Crippen LogP contribution >= 0.6 is 11.6 Å². The lowest BCUT2D eigenvalue weighted by molar-refractivity contribution is -0.385. The summed E-state index contributed by atoms with van der Waals surface area (Å²) in [5.74, 6) is -0.0488. The SMILES string of the molecule is O=C(NCc1cccc(Cl)c1)c1cc(Cn2cc([N+](=O)[O-])cn2)on1. The molecule has 10 heteroatoms. The summed E-state index contributed by atoms with van der Waals surface area (Å²) in [5.41, 5.74) is 0.839. The Morgan fingerprint density at radius 3 is 2.96 bits per heavy atom. The van der Waals surface area contributed by atoms with Crippen LogP contribution < -0.4 is 5.32 Å². The van der Waals surface area contributed by atoms with E-state index in [4.69, 9.17) is 16.1 Å². The van der Waals surface area contributed by atoms with Crippen molar-refractivity contribution >= 4 is 23.2 Å². The molecule has 2 aromatic heterocycles. The van der Waals surface area contributed by atoms with Gasteiger partial charge in [-0.2, -0.15) is 5.10 Å². The molecule has 0 atom stereocenters. The van der Waals surface area contributed by atoms with E-state index < -0.39 is 10.8 Å². The number of carbonyl (C=O) groups is 1. The number of aromatic nitrogens is 3. The third kappa shape index (κ3) is 4.21. The Kier molecular flexibility index (Phi) is 4.75. The van der Waals surface area contributed by atoms with Crippen molar-refractivity contribution in [2.75, 3.05) is 0 Å². The first-order valence-electron chi connectivity index (χ1n) is 7.16. The van der Waals surface area contributed by atoms with E-state index in [-0.39, 0.29) is 17.9 Å². The van der Waals surface area contributed by atoms with E-state index in [0.29, 0.717) is 17.3 Å². The molecule has 2 heterocycles. The van der Waals surface area contributed by atoms with Crippen LogP contribution in [0.2, 0.25) is 5.02 Å². The van der Waals surface area contributed by atoms with Crippen molar-refractivity contribution in [1.29, 1.82) is 0 Å². The van der Waals surface area contributed by atoms with Gasteiger partial charge < -0.3 is 9.84 Å². The summed E-state index contributed by atoms with van der Waals surface area (Å²) in [5, 5.41) is 21.5. The number of nitrogens with one attached hydrogen (secondary N) is 1. The first-order valence-corrected chi connectivity index (χ1v) is 7.54. The second-order valence-corrected chi connectivity index (χ2v) is 5.58. The molecule has 3 aromatic rings. The van der Waals surface area contributed by atoms with Crippen LogP contribution in [0, 0.1) is 10.1 Å². The molecule has 3 rings (SSSR count). The number of hydrogen-bond donors (Lipinski definition) is 1. The Bertz CT molecular complexity index is 920. The van der Waals surface area contributed by atoms with Gasteiger partial charge in [0.2, 0.25) is 0 Å². The van der Waals surface area contributed by atoms with E-state index >= 15 is 0 Å². The number of rotatable bonds is 6. The molecule has 25 heavy (non-hydrogen) atoms. The van der Waals surface area contributed by atoms with Gasteiger partial charge in [0.25, 0.3) is 5.91 Å². The van der Waals surface area contributed by atoms with Crippen LogP contribution in [0.5, 0.6) is 0 Å². The Balaban J connectivity index is 1.60. The number of hydrogen-bond acceptors (Lipinski definition) is 6. The van der Waals surface area contributed by atoms with E-state index in [1.54, 1.807) is 18.2 Å². The van der Waals surface area contributed by atoms with Crippen molar-refractivity contribution < 1.29 is 14.2 Å². The van der Waals surface area contributed by atoms with Crippen molar-refractivity contribution in [3.05, 3.63) is 74.9 Å². The van der Waals surface area contributed by atoms with Gasteiger partial charge in [-0.1, -0.05) is 28.9 Å². The first-order chi connectivity index (χ1) is 12.0. The maximum absolute atomic E-state index is 12.1. The predicted molar refractivity (Wildman–Crippen MR) is 87.1 cm³/mol. The zero-order valence-corrected chi connectivity index (χ0v) is 13.5. The van der Waals surface area contributed by atoms with Crippen molar-refractivity contribution in [3.63, 3.8) is 0 Å². The molecule has 0 bridgehead atoms. The van der Waals surface area contributed by atoms with E-state index in [1.165, 1.54) is 16.9 Å². The fourth-order valence-corrected chi connectivity index (χ4v) is 2.32. The highest BCUT2D eigenvalue weighted by Crippen LogP contribution is 2.12. The number of nitro groups is 1. The molecular formula is C15H12ClN5O4. The Morgan fingerprint density at radius 1 is 1.40 bits per heavy atom. The van der Waals surface area contributed by atoms with Gasteiger partial charge in [0.1, 0.15) is 18.9 Å². The molecule has 0 unspecified atom stereocenters. The Morgan fingerprint density at radius 2 is 2.24 bits per heavy atom. The molecule has 0 radical (unpaired) electrons. The Labute approximate surface area is 146 Å². The third-order valence-electron chi connectivity index (χ3n) is 3.28. The lowest BCUT2D eigenvalue weighted by Gasteiger charge is -2.03. The summed E-state index contributed by atoms with van der Waals surface area (Å²) in [6.45, 7) is 0.426. The van der Waals surface area contributed by atoms with Crippen molar-refractivity contribution in [2.45, 2.75) is 13.1 Å². The number of carbonyl (C=O) groups excluding carboxylic acids is 1. The molecule has 0 spiro atoms. The van der Waals surface area contributed by atoms with Crippen molar-refractivity contribution in [1.82, 2.24) is 20.3 Å². The monoisotopic (exact) mass is 361 g/mol. The van der Waals surface area contributed by atoms with Crippen LogP contribution in [0.4, 0.5) is 5.69 Å². The van der Waals surface area contributed by atoms with Crippen LogP contribution in [-0.4, -0.2) is 25.8 Å². The van der Waals surface area contributed by atoms with Gasteiger partial charge in [0, 0.05) is 17.6 Å². The highest BCUT2D eigenvalue weighted by molar-refractivity contribution is 6.30. The van der Waals surface area contributed by atoms with Crippen LogP contribution in [0.3, 0.4) is 0 Å². The minimum Gasteiger partial charge on any atom is -0.359 e. The second-order valence-electron chi connectivity index (χ2n) is 5.14. The summed E-state index contributed by atoms with van der Waals surface area (Å²) in [6, 6.07) is 8.59. The van der Waals surface area contributed by atoms with Crippen LogP contribution in [0.15, 0.2) is 47.2 Å². The average molecular weight is 362 g/mol. The molecule has 1 N–H and O–H groups in total. The molecule has 128 valence electrons. The van der Waals surface area contributed by atoms with Crippen LogP contribution in [0.25, 0.3) is 0 Å². The Hall–Kier alpha value is -3.20. The normalized spacial score (nSPS) is 10.6. The molecule has 9 nitrogen and oxygen atoms in total. The zero-order valence-electron chi connectivity index (χ0n) is 12.8. The van der Waals surface area contributed by atoms with Gasteiger partial charge in [-0.05, 0) is 17.7 Å². The lowest BCUT2D eigenvalue weighted by atomic mass is 10.2. The second kappa shape index (κ2) is 7.14. The molecule has 0 saturated carbocycles. The minimum absolute atomic E-state index is 0.110. The van der Waals surface area contributed by atoms with Crippen LogP contribution in [-0.2, 0) is 13.1 Å². The highest BCUT2D eigenvalue weighted by atomic mass is 35.5. The lowest BCUT2D eigenvalue weighted by Crippen LogP contribution is -2.23. The standard InChI is InChI=1S/C15H12ClN5O4/c16-11-3-1-2-10(4-11)6-17-15(22)14-5-13(25-19-14)9-20-8-12(7-18-20)21(23)24/h1-5,7-8H,6,9H2,(H,17,22). The summed E-state index contributed by atoms with van der Waals surface area (Å²) >= 11 is 5.89. The summed E-state index contributed by atoms with van der Waals surface area (Å²) in [7, 11) is 0. The highest BCUT2D eigenvalue weighted by Gasteiger charge is 2.14. The molecule has 0 aliphatic carbocycles. The van der Waals surface area contributed by atoms with E-state index in [2.05, 4.69) is 15.6 Å². The molecular weight excluding hydrogens is 350 g/mol. The molecule has 0 aliphatic heterocycles. The smallest absolute Gasteiger partial charge is 0.307 e. The van der Waals surface area contributed by atoms with Crippen molar-refractivity contribution in [3.8, 4) is 0 Å².